The molecule has 2 aromatic heterocycles. The number of aliphatic hydroxyl groups is 1. The molecule has 1 atom stereocenters. The molecule has 1 fully saturated rings. The molecule has 1 aliphatic rings. The van der Waals surface area contributed by atoms with Gasteiger partial charge in [-0.25, -0.2) is 19.2 Å². The molecule has 2 heterocycles. The van der Waals surface area contributed by atoms with Gasteiger partial charge in [-0.05, 0) is 49.9 Å². The van der Waals surface area contributed by atoms with Gasteiger partial charge in [0.15, 0.2) is 0 Å². The van der Waals surface area contributed by atoms with E-state index in [-0.39, 0.29) is 36.5 Å². The Bertz CT molecular complexity index is 1080. The van der Waals surface area contributed by atoms with Gasteiger partial charge in [0.1, 0.15) is 18.1 Å². The third-order valence-corrected chi connectivity index (χ3v) is 5.05. The first-order valence-corrected chi connectivity index (χ1v) is 10.1. The molecule has 2 N–H and O–H groups in total. The van der Waals surface area contributed by atoms with Crippen LogP contribution in [0.3, 0.4) is 0 Å². The summed E-state index contributed by atoms with van der Waals surface area (Å²) in [6.07, 6.45) is 7.01. The average Bonchev–Trinajstić information content (AvgIpc) is 3.65. The number of halogens is 1. The van der Waals surface area contributed by atoms with Crippen molar-refractivity contribution in [2.75, 3.05) is 6.54 Å². The smallest absolute Gasteiger partial charge is 0.414 e. The van der Waals surface area contributed by atoms with Crippen molar-refractivity contribution in [2.24, 2.45) is 5.92 Å². The molecule has 1 aromatic carbocycles. The fourth-order valence-corrected chi connectivity index (χ4v) is 3.09. The van der Waals surface area contributed by atoms with Gasteiger partial charge in [-0.2, -0.15) is 0 Å². The third kappa shape index (κ3) is 5.52. The fourth-order valence-electron chi connectivity index (χ4n) is 3.09. The molecule has 0 radical (unpaired) electrons. The number of hydrogen-bond donors (Lipinski definition) is 2. The molecule has 1 aliphatic carbocycles. The standard InChI is InChI=1S/C22H22FN5O4/c1-22(30,15-4-5-15)13-27-21(29)32-18-11-26-20(31-12-17-10-24-8-9-25-17)19(28-18)14-2-6-16(23)7-3-14/h2-3,6-11,15,30H,4-5,12-13H2,1H3,(H,27,29)/t22-/m0/s1. The topological polar surface area (TPSA) is 119 Å². The second-order valence-electron chi connectivity index (χ2n) is 7.73. The fraction of sp³-hybridized carbons (Fsp3) is 0.318. The molecule has 0 spiro atoms. The van der Waals surface area contributed by atoms with E-state index in [2.05, 4.69) is 25.3 Å². The van der Waals surface area contributed by atoms with Crippen molar-refractivity contribution in [1.82, 2.24) is 25.3 Å². The van der Waals surface area contributed by atoms with Crippen LogP contribution in [0, 0.1) is 11.7 Å². The average molecular weight is 439 g/mol. The molecule has 10 heteroatoms. The van der Waals surface area contributed by atoms with Crippen molar-refractivity contribution in [2.45, 2.75) is 32.0 Å². The van der Waals surface area contributed by atoms with E-state index in [9.17, 15) is 14.3 Å². The summed E-state index contributed by atoms with van der Waals surface area (Å²) in [6, 6.07) is 5.60. The predicted molar refractivity (Wildman–Crippen MR) is 111 cm³/mol. The Morgan fingerprint density at radius 3 is 2.69 bits per heavy atom. The van der Waals surface area contributed by atoms with Crippen molar-refractivity contribution in [1.29, 1.82) is 0 Å². The predicted octanol–water partition coefficient (Wildman–Crippen LogP) is 2.90. The second-order valence-corrected chi connectivity index (χ2v) is 7.73. The highest BCUT2D eigenvalue weighted by atomic mass is 19.1. The first kappa shape index (κ1) is 21.6. The van der Waals surface area contributed by atoms with Crippen LogP contribution in [0.2, 0.25) is 0 Å². The molecule has 4 rings (SSSR count). The Balaban J connectivity index is 1.50. The maximum absolute atomic E-state index is 13.4. The Morgan fingerprint density at radius 2 is 2.00 bits per heavy atom. The number of aromatic nitrogens is 4. The molecule has 0 aliphatic heterocycles. The summed E-state index contributed by atoms with van der Waals surface area (Å²) >= 11 is 0. The maximum atomic E-state index is 13.4. The van der Waals surface area contributed by atoms with Crippen LogP contribution in [0.4, 0.5) is 9.18 Å². The first-order chi connectivity index (χ1) is 15.4. The molecular formula is C22H22FN5O4. The number of hydrogen-bond acceptors (Lipinski definition) is 8. The minimum absolute atomic E-state index is 0.0635. The largest absolute Gasteiger partial charge is 0.470 e. The van der Waals surface area contributed by atoms with E-state index in [0.29, 0.717) is 11.3 Å². The second kappa shape index (κ2) is 9.23. The summed E-state index contributed by atoms with van der Waals surface area (Å²) in [5.41, 5.74) is 0.392. The van der Waals surface area contributed by atoms with Crippen molar-refractivity contribution in [3.8, 4) is 23.0 Å². The van der Waals surface area contributed by atoms with E-state index >= 15 is 0 Å². The molecular weight excluding hydrogens is 417 g/mol. The van der Waals surface area contributed by atoms with Crippen LogP contribution in [0.15, 0.2) is 49.1 Å². The van der Waals surface area contributed by atoms with Gasteiger partial charge < -0.3 is 19.9 Å². The number of carbonyl (C=O) groups excluding carboxylic acids is 1. The quantitative estimate of drug-likeness (QED) is 0.550. The molecule has 0 saturated heterocycles. The highest BCUT2D eigenvalue weighted by molar-refractivity contribution is 5.71. The molecule has 0 unspecified atom stereocenters. The highest BCUT2D eigenvalue weighted by Crippen LogP contribution is 2.39. The summed E-state index contributed by atoms with van der Waals surface area (Å²) in [4.78, 5) is 28.8. The lowest BCUT2D eigenvalue weighted by Gasteiger charge is -2.22. The highest BCUT2D eigenvalue weighted by Gasteiger charge is 2.40. The van der Waals surface area contributed by atoms with Crippen LogP contribution in [-0.4, -0.2) is 43.3 Å². The zero-order valence-electron chi connectivity index (χ0n) is 17.4. The molecule has 9 nitrogen and oxygen atoms in total. The molecule has 166 valence electrons. The van der Waals surface area contributed by atoms with Gasteiger partial charge in [0, 0.05) is 24.5 Å². The number of carbonyl (C=O) groups is 1. The monoisotopic (exact) mass is 439 g/mol. The van der Waals surface area contributed by atoms with Crippen molar-refractivity contribution >= 4 is 6.09 Å². The Labute approximate surface area is 183 Å². The maximum Gasteiger partial charge on any atom is 0.414 e. The molecule has 0 bridgehead atoms. The zero-order chi connectivity index (χ0) is 22.6. The Hall–Kier alpha value is -3.66. The van der Waals surface area contributed by atoms with Crippen molar-refractivity contribution in [3.05, 3.63) is 60.6 Å². The van der Waals surface area contributed by atoms with E-state index in [1.807, 2.05) is 0 Å². The normalized spacial score (nSPS) is 15.0. The van der Waals surface area contributed by atoms with E-state index in [1.165, 1.54) is 30.5 Å². The van der Waals surface area contributed by atoms with E-state index < -0.39 is 17.5 Å². The van der Waals surface area contributed by atoms with Gasteiger partial charge in [0.05, 0.1) is 23.7 Å². The number of nitrogens with one attached hydrogen (secondary N) is 1. The van der Waals surface area contributed by atoms with Gasteiger partial charge in [-0.15, -0.1) is 0 Å². The molecule has 1 saturated carbocycles. The Kier molecular flexibility index (Phi) is 6.22. The van der Waals surface area contributed by atoms with E-state index in [1.54, 1.807) is 25.5 Å². The van der Waals surface area contributed by atoms with Crippen molar-refractivity contribution < 1.29 is 23.8 Å². The van der Waals surface area contributed by atoms with Gasteiger partial charge in [-0.3, -0.25) is 9.97 Å². The number of benzene rings is 1. The summed E-state index contributed by atoms with van der Waals surface area (Å²) in [6.45, 7) is 1.84. The number of rotatable bonds is 8. The lowest BCUT2D eigenvalue weighted by molar-refractivity contribution is 0.0376. The minimum Gasteiger partial charge on any atom is -0.470 e. The van der Waals surface area contributed by atoms with Gasteiger partial charge in [-0.1, -0.05) is 0 Å². The van der Waals surface area contributed by atoms with Crippen LogP contribution in [0.5, 0.6) is 11.8 Å². The van der Waals surface area contributed by atoms with Crippen LogP contribution < -0.4 is 14.8 Å². The SMILES string of the molecule is C[C@](O)(CNC(=O)Oc1cnc(OCc2cnccn2)c(-c2ccc(F)cc2)n1)C1CC1. The minimum atomic E-state index is -0.984. The third-order valence-electron chi connectivity index (χ3n) is 5.05. The summed E-state index contributed by atoms with van der Waals surface area (Å²) in [5, 5.41) is 12.9. The van der Waals surface area contributed by atoms with Gasteiger partial charge in [0.25, 0.3) is 0 Å². The van der Waals surface area contributed by atoms with Gasteiger partial charge in [0.2, 0.25) is 11.8 Å². The lowest BCUT2D eigenvalue weighted by Crippen LogP contribution is -2.43. The van der Waals surface area contributed by atoms with Crippen molar-refractivity contribution in [3.63, 3.8) is 0 Å². The first-order valence-electron chi connectivity index (χ1n) is 10.1. The van der Waals surface area contributed by atoms with E-state index in [4.69, 9.17) is 9.47 Å². The number of nitrogens with zero attached hydrogens (tertiary/aromatic N) is 4. The zero-order valence-corrected chi connectivity index (χ0v) is 17.4. The van der Waals surface area contributed by atoms with Crippen LogP contribution in [0.25, 0.3) is 11.3 Å². The van der Waals surface area contributed by atoms with E-state index in [0.717, 1.165) is 12.8 Å². The Morgan fingerprint density at radius 1 is 1.22 bits per heavy atom. The molecule has 3 aromatic rings. The summed E-state index contributed by atoms with van der Waals surface area (Å²) in [5.74, 6) is -0.136. The summed E-state index contributed by atoms with van der Waals surface area (Å²) in [7, 11) is 0. The number of amides is 1. The lowest BCUT2D eigenvalue weighted by atomic mass is 10.0. The summed E-state index contributed by atoms with van der Waals surface area (Å²) < 4.78 is 24.3. The van der Waals surface area contributed by atoms with Crippen LogP contribution >= 0.6 is 0 Å². The molecule has 32 heavy (non-hydrogen) atoms. The van der Waals surface area contributed by atoms with Crippen LogP contribution in [0.1, 0.15) is 25.5 Å². The molecule has 1 amide bonds. The van der Waals surface area contributed by atoms with Gasteiger partial charge >= 0.3 is 6.09 Å². The number of ether oxygens (including phenoxy) is 2. The van der Waals surface area contributed by atoms with Crippen LogP contribution in [-0.2, 0) is 6.61 Å².